The summed E-state index contributed by atoms with van der Waals surface area (Å²) in [6, 6.07) is 6.58. The number of benzene rings is 1. The van der Waals surface area contributed by atoms with Gasteiger partial charge >= 0.3 is 0 Å². The Balaban J connectivity index is 2.94. The predicted octanol–water partition coefficient (Wildman–Crippen LogP) is 2.15. The lowest BCUT2D eigenvalue weighted by molar-refractivity contribution is 0.474. The molecule has 0 amide bonds. The van der Waals surface area contributed by atoms with Gasteiger partial charge in [-0.2, -0.15) is 8.42 Å². The van der Waals surface area contributed by atoms with E-state index in [2.05, 4.69) is 11.3 Å². The van der Waals surface area contributed by atoms with Crippen molar-refractivity contribution in [2.75, 3.05) is 0 Å². The molecule has 0 saturated carbocycles. The molecule has 0 radical (unpaired) electrons. The van der Waals surface area contributed by atoms with Crippen LogP contribution in [0.1, 0.15) is 25.3 Å². The molecule has 104 valence electrons. The number of hydrogen-bond donors (Lipinski definition) is 2. The summed E-state index contributed by atoms with van der Waals surface area (Å²) in [5.74, 6) is -0.266. The second kappa shape index (κ2) is 6.94. The van der Waals surface area contributed by atoms with Gasteiger partial charge in [0.1, 0.15) is 5.84 Å². The molecule has 0 aliphatic heterocycles. The summed E-state index contributed by atoms with van der Waals surface area (Å²) in [4.78, 5) is 0.0852. The average molecular weight is 282 g/mol. The highest BCUT2D eigenvalue weighted by Gasteiger charge is 2.12. The monoisotopic (exact) mass is 282 g/mol. The maximum absolute atomic E-state index is 11.9. The Labute approximate surface area is 113 Å². The summed E-state index contributed by atoms with van der Waals surface area (Å²) >= 11 is 0. The minimum Gasteiger partial charge on any atom is -0.515 e. The Hall–Kier alpha value is -1.82. The Morgan fingerprint density at radius 1 is 1.37 bits per heavy atom. The first-order valence-electron chi connectivity index (χ1n) is 5.99. The number of amidine groups is 1. The van der Waals surface area contributed by atoms with Crippen LogP contribution in [0.15, 0.2) is 45.9 Å². The Morgan fingerprint density at radius 3 is 2.53 bits per heavy atom. The SMILES string of the molecule is CCCCc1ccc(S(=O)(=O)/N=C(N)\C=C/O)cc1. The minimum atomic E-state index is -3.82. The van der Waals surface area contributed by atoms with Gasteiger partial charge in [0.2, 0.25) is 0 Å². The number of rotatable bonds is 6. The number of aliphatic hydroxyl groups excluding tert-OH is 1. The van der Waals surface area contributed by atoms with Crippen molar-refractivity contribution in [1.82, 2.24) is 0 Å². The standard InChI is InChI=1S/C13H18N2O3S/c1-2-3-4-11-5-7-12(8-6-11)19(17,18)15-13(14)9-10-16/h5-10,16H,2-4H2,1H3,(H2,14,15)/b10-9-. The molecule has 1 aromatic carbocycles. The van der Waals surface area contributed by atoms with Crippen molar-refractivity contribution in [3.8, 4) is 0 Å². The molecule has 1 rings (SSSR count). The topological polar surface area (TPSA) is 92.8 Å². The van der Waals surface area contributed by atoms with Crippen LogP contribution in [0.4, 0.5) is 0 Å². The Morgan fingerprint density at radius 2 is 2.00 bits per heavy atom. The van der Waals surface area contributed by atoms with Crippen molar-refractivity contribution in [2.45, 2.75) is 31.1 Å². The van der Waals surface area contributed by atoms with Crippen LogP contribution in [-0.4, -0.2) is 19.4 Å². The molecule has 0 saturated heterocycles. The molecular formula is C13H18N2O3S. The molecule has 3 N–H and O–H groups in total. The molecule has 0 fully saturated rings. The zero-order valence-electron chi connectivity index (χ0n) is 10.8. The molecule has 0 aromatic heterocycles. The van der Waals surface area contributed by atoms with Gasteiger partial charge in [-0.1, -0.05) is 25.5 Å². The maximum Gasteiger partial charge on any atom is 0.284 e. The van der Waals surface area contributed by atoms with Gasteiger partial charge in [0, 0.05) is 6.08 Å². The molecule has 5 nitrogen and oxygen atoms in total. The highest BCUT2D eigenvalue weighted by atomic mass is 32.2. The van der Waals surface area contributed by atoms with E-state index in [1.165, 1.54) is 12.1 Å². The summed E-state index contributed by atoms with van der Waals surface area (Å²) in [6.45, 7) is 2.10. The summed E-state index contributed by atoms with van der Waals surface area (Å²) in [5.41, 5.74) is 6.42. The fourth-order valence-corrected chi connectivity index (χ4v) is 2.43. The van der Waals surface area contributed by atoms with E-state index in [0.29, 0.717) is 6.26 Å². The van der Waals surface area contributed by atoms with E-state index in [-0.39, 0.29) is 10.7 Å². The molecule has 19 heavy (non-hydrogen) atoms. The number of aliphatic hydroxyl groups is 1. The van der Waals surface area contributed by atoms with E-state index in [9.17, 15) is 8.42 Å². The first kappa shape index (κ1) is 15.2. The number of unbranched alkanes of at least 4 members (excludes halogenated alkanes) is 1. The fourth-order valence-electron chi connectivity index (χ4n) is 1.51. The molecule has 0 atom stereocenters. The Kier molecular flexibility index (Phi) is 5.57. The minimum absolute atomic E-state index is 0.0852. The first-order chi connectivity index (χ1) is 8.99. The third-order valence-corrected chi connectivity index (χ3v) is 3.83. The quantitative estimate of drug-likeness (QED) is 0.475. The summed E-state index contributed by atoms with van der Waals surface area (Å²) in [6.07, 6.45) is 4.73. The largest absolute Gasteiger partial charge is 0.515 e. The summed E-state index contributed by atoms with van der Waals surface area (Å²) in [5, 5.41) is 8.49. The van der Waals surface area contributed by atoms with Gasteiger partial charge in [0.15, 0.2) is 0 Å². The lowest BCUT2D eigenvalue weighted by Gasteiger charge is -2.02. The fraction of sp³-hybridized carbons (Fsp3) is 0.308. The van der Waals surface area contributed by atoms with Crippen LogP contribution in [0, 0.1) is 0 Å². The number of aryl methyl sites for hydroxylation is 1. The zero-order valence-corrected chi connectivity index (χ0v) is 11.6. The molecular weight excluding hydrogens is 264 g/mol. The summed E-state index contributed by atoms with van der Waals surface area (Å²) < 4.78 is 27.1. The van der Waals surface area contributed by atoms with E-state index in [1.807, 2.05) is 0 Å². The second-order valence-corrected chi connectivity index (χ2v) is 5.66. The van der Waals surface area contributed by atoms with Gasteiger partial charge in [-0.25, -0.2) is 0 Å². The Bertz CT molecular complexity index is 560. The van der Waals surface area contributed by atoms with Crippen molar-refractivity contribution in [2.24, 2.45) is 10.1 Å². The highest BCUT2D eigenvalue weighted by Crippen LogP contribution is 2.14. The molecule has 6 heteroatoms. The molecule has 0 heterocycles. The average Bonchev–Trinajstić information content (AvgIpc) is 2.36. The maximum atomic E-state index is 11.9. The molecule has 0 bridgehead atoms. The van der Waals surface area contributed by atoms with Crippen molar-refractivity contribution >= 4 is 15.9 Å². The van der Waals surface area contributed by atoms with Crippen molar-refractivity contribution in [1.29, 1.82) is 0 Å². The normalized spacial score (nSPS) is 13.0. The predicted molar refractivity (Wildman–Crippen MR) is 75.6 cm³/mol. The van der Waals surface area contributed by atoms with Crippen LogP contribution in [-0.2, 0) is 16.4 Å². The third kappa shape index (κ3) is 4.75. The van der Waals surface area contributed by atoms with E-state index < -0.39 is 10.0 Å². The van der Waals surface area contributed by atoms with E-state index >= 15 is 0 Å². The van der Waals surface area contributed by atoms with Crippen molar-refractivity contribution in [3.05, 3.63) is 42.2 Å². The smallest absolute Gasteiger partial charge is 0.284 e. The van der Waals surface area contributed by atoms with Crippen molar-refractivity contribution < 1.29 is 13.5 Å². The van der Waals surface area contributed by atoms with Crippen LogP contribution >= 0.6 is 0 Å². The van der Waals surface area contributed by atoms with Gasteiger partial charge in [-0.05, 0) is 30.5 Å². The third-order valence-electron chi connectivity index (χ3n) is 2.51. The molecule has 0 spiro atoms. The van der Waals surface area contributed by atoms with E-state index in [4.69, 9.17) is 10.8 Å². The zero-order chi connectivity index (χ0) is 14.3. The number of nitrogens with two attached hydrogens (primary N) is 1. The highest BCUT2D eigenvalue weighted by molar-refractivity contribution is 7.90. The van der Waals surface area contributed by atoms with E-state index in [1.54, 1.807) is 12.1 Å². The first-order valence-corrected chi connectivity index (χ1v) is 7.43. The lowest BCUT2D eigenvalue weighted by atomic mass is 10.1. The van der Waals surface area contributed by atoms with Gasteiger partial charge in [0.05, 0.1) is 11.2 Å². The van der Waals surface area contributed by atoms with Crippen LogP contribution in [0.3, 0.4) is 0 Å². The molecule has 0 aliphatic rings. The van der Waals surface area contributed by atoms with Gasteiger partial charge < -0.3 is 10.8 Å². The van der Waals surface area contributed by atoms with Crippen LogP contribution in [0.25, 0.3) is 0 Å². The van der Waals surface area contributed by atoms with E-state index in [0.717, 1.165) is 30.9 Å². The number of hydrogen-bond acceptors (Lipinski definition) is 3. The molecule has 0 aliphatic carbocycles. The van der Waals surface area contributed by atoms with Gasteiger partial charge in [0.25, 0.3) is 10.0 Å². The van der Waals surface area contributed by atoms with Crippen LogP contribution in [0.5, 0.6) is 0 Å². The number of nitrogens with zero attached hydrogens (tertiary/aromatic N) is 1. The summed E-state index contributed by atoms with van der Waals surface area (Å²) in [7, 11) is -3.82. The molecule has 1 aromatic rings. The van der Waals surface area contributed by atoms with Gasteiger partial charge in [-0.15, -0.1) is 4.40 Å². The van der Waals surface area contributed by atoms with Gasteiger partial charge in [-0.3, -0.25) is 0 Å². The van der Waals surface area contributed by atoms with Crippen molar-refractivity contribution in [3.63, 3.8) is 0 Å². The second-order valence-electron chi connectivity index (χ2n) is 4.05. The van der Waals surface area contributed by atoms with Crippen LogP contribution < -0.4 is 5.73 Å². The number of sulfonamides is 1. The lowest BCUT2D eigenvalue weighted by Crippen LogP contribution is -2.11. The van der Waals surface area contributed by atoms with Crippen LogP contribution in [0.2, 0.25) is 0 Å². The molecule has 0 unspecified atom stereocenters.